The maximum Gasteiger partial charge on any atom is 0.306 e. The Bertz CT molecular complexity index is 357. The minimum Gasteiger partial charge on any atom is -0.481 e. The van der Waals surface area contributed by atoms with E-state index in [9.17, 15) is 4.79 Å². The van der Waals surface area contributed by atoms with Crippen molar-refractivity contribution < 1.29 is 14.6 Å². The molecule has 1 saturated heterocycles. The van der Waals surface area contributed by atoms with Crippen LogP contribution in [0.1, 0.15) is 59.8 Å². The van der Waals surface area contributed by atoms with Crippen molar-refractivity contribution in [2.45, 2.75) is 77.0 Å². The second-order valence-electron chi connectivity index (χ2n) is 7.69. The third kappa shape index (κ3) is 3.73. The lowest BCUT2D eigenvalue weighted by atomic mass is 9.81. The van der Waals surface area contributed by atoms with Crippen LogP contribution in [0.15, 0.2) is 0 Å². The number of aliphatic carboxylic acids is 1. The maximum atomic E-state index is 11.0. The van der Waals surface area contributed by atoms with Gasteiger partial charge in [0.15, 0.2) is 0 Å². The van der Waals surface area contributed by atoms with Crippen molar-refractivity contribution in [2.75, 3.05) is 6.54 Å². The molecule has 2 rings (SSSR count). The molecule has 0 spiro atoms. The molecule has 1 heterocycles. The van der Waals surface area contributed by atoms with Crippen molar-refractivity contribution in [1.29, 1.82) is 0 Å². The Hall–Kier alpha value is -0.610. The van der Waals surface area contributed by atoms with Crippen LogP contribution in [-0.2, 0) is 9.53 Å². The lowest BCUT2D eigenvalue weighted by Crippen LogP contribution is -2.45. The van der Waals surface area contributed by atoms with Crippen LogP contribution in [0.4, 0.5) is 0 Å². The number of carboxylic acid groups (broad SMARTS) is 1. The molecule has 116 valence electrons. The highest BCUT2D eigenvalue weighted by Gasteiger charge is 2.45. The van der Waals surface area contributed by atoms with E-state index in [0.29, 0.717) is 12.0 Å². The Morgan fingerprint density at radius 2 is 1.80 bits per heavy atom. The number of carboxylic acids is 1. The molecule has 1 atom stereocenters. The molecule has 0 aromatic carbocycles. The normalized spacial score (nSPS) is 35.9. The molecule has 0 amide bonds. The standard InChI is InChI=1S/C16H29NO3/c1-15(2)9-13(16(3,4)20-15)17-10-11-5-7-12(8-6-11)14(18)19/h11-13,17H,5-10H2,1-4H3,(H,18,19). The van der Waals surface area contributed by atoms with Gasteiger partial charge in [-0.25, -0.2) is 0 Å². The third-order valence-electron chi connectivity index (χ3n) is 4.92. The van der Waals surface area contributed by atoms with Crippen molar-refractivity contribution in [2.24, 2.45) is 11.8 Å². The van der Waals surface area contributed by atoms with Crippen LogP contribution >= 0.6 is 0 Å². The minimum absolute atomic E-state index is 0.0534. The van der Waals surface area contributed by atoms with E-state index >= 15 is 0 Å². The monoisotopic (exact) mass is 283 g/mol. The molecule has 0 radical (unpaired) electrons. The van der Waals surface area contributed by atoms with E-state index in [2.05, 4.69) is 33.0 Å². The van der Waals surface area contributed by atoms with E-state index in [-0.39, 0.29) is 17.1 Å². The largest absolute Gasteiger partial charge is 0.481 e. The number of carbonyl (C=O) groups is 1. The first-order valence-corrected chi connectivity index (χ1v) is 7.86. The summed E-state index contributed by atoms with van der Waals surface area (Å²) in [6.07, 6.45) is 4.75. The molecule has 0 bridgehead atoms. The molecule has 20 heavy (non-hydrogen) atoms. The average Bonchev–Trinajstić information content (AvgIpc) is 2.54. The summed E-state index contributed by atoms with van der Waals surface area (Å²) in [4.78, 5) is 11.0. The first kappa shape index (κ1) is 15.8. The number of hydrogen-bond acceptors (Lipinski definition) is 3. The topological polar surface area (TPSA) is 58.6 Å². The molecule has 1 saturated carbocycles. The fraction of sp³-hybridized carbons (Fsp3) is 0.938. The molecule has 1 aliphatic carbocycles. The lowest BCUT2D eigenvalue weighted by molar-refractivity contribution is -0.143. The van der Waals surface area contributed by atoms with E-state index in [1.54, 1.807) is 0 Å². The zero-order valence-corrected chi connectivity index (χ0v) is 13.2. The second kappa shape index (κ2) is 5.64. The van der Waals surface area contributed by atoms with Crippen LogP contribution < -0.4 is 5.32 Å². The molecule has 2 aliphatic rings. The summed E-state index contributed by atoms with van der Waals surface area (Å²) in [5.74, 6) is -0.120. The van der Waals surface area contributed by atoms with Gasteiger partial charge in [-0.15, -0.1) is 0 Å². The summed E-state index contributed by atoms with van der Waals surface area (Å²) in [6, 6.07) is 0.384. The van der Waals surface area contributed by atoms with Crippen molar-refractivity contribution in [3.8, 4) is 0 Å². The molecular weight excluding hydrogens is 254 g/mol. The molecular formula is C16H29NO3. The van der Waals surface area contributed by atoms with Crippen molar-refractivity contribution >= 4 is 5.97 Å². The van der Waals surface area contributed by atoms with E-state index in [4.69, 9.17) is 9.84 Å². The zero-order valence-electron chi connectivity index (χ0n) is 13.2. The van der Waals surface area contributed by atoms with Gasteiger partial charge in [-0.2, -0.15) is 0 Å². The number of nitrogens with one attached hydrogen (secondary N) is 1. The molecule has 0 aromatic rings. The minimum atomic E-state index is -0.622. The first-order chi connectivity index (χ1) is 9.20. The molecule has 0 aromatic heterocycles. The number of hydrogen-bond donors (Lipinski definition) is 2. The number of ether oxygens (including phenoxy) is 1. The Labute approximate surface area is 122 Å². The average molecular weight is 283 g/mol. The van der Waals surface area contributed by atoms with Gasteiger partial charge in [0.05, 0.1) is 17.1 Å². The van der Waals surface area contributed by atoms with E-state index in [1.165, 1.54) is 0 Å². The smallest absolute Gasteiger partial charge is 0.306 e. The molecule has 1 aliphatic heterocycles. The number of rotatable bonds is 4. The quantitative estimate of drug-likeness (QED) is 0.833. The predicted molar refractivity (Wildman–Crippen MR) is 78.7 cm³/mol. The highest BCUT2D eigenvalue weighted by Crippen LogP contribution is 2.37. The highest BCUT2D eigenvalue weighted by atomic mass is 16.5. The Morgan fingerprint density at radius 1 is 1.20 bits per heavy atom. The van der Waals surface area contributed by atoms with Crippen molar-refractivity contribution in [3.05, 3.63) is 0 Å². The van der Waals surface area contributed by atoms with Gasteiger partial charge in [0.2, 0.25) is 0 Å². The van der Waals surface area contributed by atoms with Crippen LogP contribution in [0.2, 0.25) is 0 Å². The highest BCUT2D eigenvalue weighted by molar-refractivity contribution is 5.69. The summed E-state index contributed by atoms with van der Waals surface area (Å²) in [7, 11) is 0. The second-order valence-corrected chi connectivity index (χ2v) is 7.69. The van der Waals surface area contributed by atoms with Gasteiger partial charge in [0.25, 0.3) is 0 Å². The van der Waals surface area contributed by atoms with Crippen molar-refractivity contribution in [1.82, 2.24) is 5.32 Å². The summed E-state index contributed by atoms with van der Waals surface area (Å²) < 4.78 is 6.10. The van der Waals surface area contributed by atoms with Crippen LogP contribution in [0, 0.1) is 11.8 Å². The molecule has 4 heteroatoms. The summed E-state index contributed by atoms with van der Waals surface area (Å²) >= 11 is 0. The summed E-state index contributed by atoms with van der Waals surface area (Å²) in [5, 5.41) is 12.7. The third-order valence-corrected chi connectivity index (χ3v) is 4.92. The predicted octanol–water partition coefficient (Wildman–Crippen LogP) is 2.81. The Morgan fingerprint density at radius 3 is 2.25 bits per heavy atom. The van der Waals surface area contributed by atoms with Crippen LogP contribution in [0.25, 0.3) is 0 Å². The van der Waals surface area contributed by atoms with E-state index in [0.717, 1.165) is 38.6 Å². The van der Waals surface area contributed by atoms with Gasteiger partial charge in [0, 0.05) is 6.04 Å². The summed E-state index contributed by atoms with van der Waals surface area (Å²) in [6.45, 7) is 9.59. The fourth-order valence-electron chi connectivity index (χ4n) is 3.80. The van der Waals surface area contributed by atoms with E-state index in [1.807, 2.05) is 0 Å². The zero-order chi connectivity index (χ0) is 15.0. The Balaban J connectivity index is 1.78. The van der Waals surface area contributed by atoms with Gasteiger partial charge in [-0.1, -0.05) is 0 Å². The Kier molecular flexibility index (Phi) is 4.45. The van der Waals surface area contributed by atoms with Crippen LogP contribution in [-0.4, -0.2) is 34.9 Å². The maximum absolute atomic E-state index is 11.0. The van der Waals surface area contributed by atoms with Crippen molar-refractivity contribution in [3.63, 3.8) is 0 Å². The van der Waals surface area contributed by atoms with Crippen LogP contribution in [0.3, 0.4) is 0 Å². The molecule has 2 N–H and O–H groups in total. The van der Waals surface area contributed by atoms with E-state index < -0.39 is 5.97 Å². The van der Waals surface area contributed by atoms with Crippen LogP contribution in [0.5, 0.6) is 0 Å². The summed E-state index contributed by atoms with van der Waals surface area (Å²) in [5.41, 5.74) is -0.177. The van der Waals surface area contributed by atoms with Gasteiger partial charge in [-0.05, 0) is 72.3 Å². The SMILES string of the molecule is CC1(C)CC(NCC2CCC(C(=O)O)CC2)C(C)(C)O1. The first-order valence-electron chi connectivity index (χ1n) is 7.86. The lowest BCUT2D eigenvalue weighted by Gasteiger charge is -2.31. The van der Waals surface area contributed by atoms with Gasteiger partial charge >= 0.3 is 5.97 Å². The molecule has 1 unspecified atom stereocenters. The molecule has 4 nitrogen and oxygen atoms in total. The van der Waals surface area contributed by atoms with Gasteiger partial charge in [0.1, 0.15) is 0 Å². The molecule has 2 fully saturated rings. The van der Waals surface area contributed by atoms with Gasteiger partial charge in [-0.3, -0.25) is 4.79 Å². The van der Waals surface area contributed by atoms with Gasteiger partial charge < -0.3 is 15.2 Å². The fourth-order valence-corrected chi connectivity index (χ4v) is 3.80.